The van der Waals surface area contributed by atoms with E-state index in [4.69, 9.17) is 0 Å². The highest BCUT2D eigenvalue weighted by atomic mass is 32.2. The van der Waals surface area contributed by atoms with E-state index in [1.54, 1.807) is 12.1 Å². The Labute approximate surface area is 137 Å². The Bertz CT molecular complexity index is 707. The van der Waals surface area contributed by atoms with Crippen LogP contribution in [0.25, 0.3) is 0 Å². The minimum Gasteiger partial charge on any atom is -0.338 e. The quantitative estimate of drug-likeness (QED) is 0.789. The molecule has 1 aliphatic heterocycles. The zero-order valence-corrected chi connectivity index (χ0v) is 13.4. The van der Waals surface area contributed by atoms with Gasteiger partial charge in [0.1, 0.15) is 5.82 Å². The number of thioether (sulfide) groups is 1. The number of nitrogens with zero attached hydrogens (tertiary/aromatic N) is 4. The number of carbonyl (C=O) groups is 1. The summed E-state index contributed by atoms with van der Waals surface area (Å²) >= 11 is 1.44. The van der Waals surface area contributed by atoms with E-state index in [-0.39, 0.29) is 17.8 Å². The van der Waals surface area contributed by atoms with E-state index in [1.807, 2.05) is 15.8 Å². The second-order valence-corrected chi connectivity index (χ2v) is 7.14. The van der Waals surface area contributed by atoms with Crippen molar-refractivity contribution >= 4 is 17.7 Å². The van der Waals surface area contributed by atoms with Crippen molar-refractivity contribution in [1.29, 1.82) is 0 Å². The molecule has 1 saturated carbocycles. The summed E-state index contributed by atoms with van der Waals surface area (Å²) in [6.07, 6.45) is 4.46. The van der Waals surface area contributed by atoms with Crippen molar-refractivity contribution in [3.05, 3.63) is 42.0 Å². The molecule has 5 nitrogen and oxygen atoms in total. The van der Waals surface area contributed by atoms with Crippen LogP contribution in [0.3, 0.4) is 0 Å². The van der Waals surface area contributed by atoms with Crippen molar-refractivity contribution in [2.45, 2.75) is 29.7 Å². The van der Waals surface area contributed by atoms with Gasteiger partial charge in [-0.1, -0.05) is 5.21 Å². The molecule has 7 heteroatoms. The third-order valence-corrected chi connectivity index (χ3v) is 5.29. The second kappa shape index (κ2) is 5.96. The lowest BCUT2D eigenvalue weighted by Crippen LogP contribution is -2.51. The summed E-state index contributed by atoms with van der Waals surface area (Å²) in [6, 6.07) is 6.46. The standard InChI is InChI=1S/C16H17FN4OS/c17-12-3-5-14(6-4-12)23-10-16(22)20-7-13(8-20)21-9-15(18-19-21)11-1-2-11/h3-6,9,11,13H,1-2,7-8,10H2. The van der Waals surface area contributed by atoms with Crippen molar-refractivity contribution in [3.63, 3.8) is 0 Å². The minimum atomic E-state index is -0.260. The van der Waals surface area contributed by atoms with Gasteiger partial charge in [-0.3, -0.25) is 4.79 Å². The molecule has 0 N–H and O–H groups in total. The van der Waals surface area contributed by atoms with Crippen molar-refractivity contribution in [2.24, 2.45) is 0 Å². The molecule has 1 aromatic heterocycles. The summed E-state index contributed by atoms with van der Waals surface area (Å²) in [7, 11) is 0. The molecule has 2 aromatic rings. The Hall–Kier alpha value is -1.89. The van der Waals surface area contributed by atoms with Gasteiger partial charge in [0.2, 0.25) is 5.91 Å². The lowest BCUT2D eigenvalue weighted by atomic mass is 10.1. The first-order valence-corrected chi connectivity index (χ1v) is 8.75. The Kier molecular flexibility index (Phi) is 3.80. The van der Waals surface area contributed by atoms with E-state index in [2.05, 4.69) is 10.3 Å². The number of amides is 1. The summed E-state index contributed by atoms with van der Waals surface area (Å²) in [4.78, 5) is 14.9. The average Bonchev–Trinajstić information content (AvgIpc) is 3.25. The number of rotatable bonds is 5. The second-order valence-electron chi connectivity index (χ2n) is 6.09. The van der Waals surface area contributed by atoms with E-state index in [9.17, 15) is 9.18 Å². The number of benzene rings is 1. The van der Waals surface area contributed by atoms with Crippen molar-refractivity contribution in [2.75, 3.05) is 18.8 Å². The molecule has 1 aromatic carbocycles. The first kappa shape index (κ1) is 14.7. The fraction of sp³-hybridized carbons (Fsp3) is 0.438. The van der Waals surface area contributed by atoms with Crippen molar-refractivity contribution < 1.29 is 9.18 Å². The zero-order chi connectivity index (χ0) is 15.8. The summed E-state index contributed by atoms with van der Waals surface area (Å²) < 4.78 is 14.7. The summed E-state index contributed by atoms with van der Waals surface area (Å²) in [5.41, 5.74) is 1.08. The van der Waals surface area contributed by atoms with Crippen molar-refractivity contribution in [1.82, 2.24) is 19.9 Å². The molecule has 120 valence electrons. The summed E-state index contributed by atoms with van der Waals surface area (Å²) in [6.45, 7) is 1.38. The molecule has 0 atom stereocenters. The molecule has 2 aliphatic rings. The molecule has 2 fully saturated rings. The van der Waals surface area contributed by atoms with Crippen LogP contribution in [0, 0.1) is 5.82 Å². The van der Waals surface area contributed by atoms with Gasteiger partial charge in [0.05, 0.1) is 17.5 Å². The number of aromatic nitrogens is 3. The number of likely N-dealkylation sites (tertiary alicyclic amines) is 1. The maximum absolute atomic E-state index is 12.8. The fourth-order valence-corrected chi connectivity index (χ4v) is 3.43. The van der Waals surface area contributed by atoms with Gasteiger partial charge >= 0.3 is 0 Å². The third-order valence-electron chi connectivity index (χ3n) is 4.29. The molecule has 0 spiro atoms. The topological polar surface area (TPSA) is 51.0 Å². The Balaban J connectivity index is 1.25. The Morgan fingerprint density at radius 1 is 1.26 bits per heavy atom. The first-order chi connectivity index (χ1) is 11.2. The van der Waals surface area contributed by atoms with Crippen LogP contribution in [0.4, 0.5) is 4.39 Å². The molecule has 0 bridgehead atoms. The molecule has 1 aliphatic carbocycles. The molecule has 1 saturated heterocycles. The van der Waals surface area contributed by atoms with E-state index in [0.717, 1.165) is 10.6 Å². The predicted molar refractivity (Wildman–Crippen MR) is 84.7 cm³/mol. The van der Waals surface area contributed by atoms with Gasteiger partial charge in [0, 0.05) is 30.1 Å². The first-order valence-electron chi connectivity index (χ1n) is 7.77. The fourth-order valence-electron chi connectivity index (χ4n) is 2.63. The average molecular weight is 332 g/mol. The molecular formula is C16H17FN4OS. The zero-order valence-electron chi connectivity index (χ0n) is 12.6. The van der Waals surface area contributed by atoms with E-state index < -0.39 is 0 Å². The highest BCUT2D eigenvalue weighted by Crippen LogP contribution is 2.39. The van der Waals surface area contributed by atoms with E-state index in [0.29, 0.717) is 24.8 Å². The largest absolute Gasteiger partial charge is 0.338 e. The van der Waals surface area contributed by atoms with Crippen LogP contribution in [0.2, 0.25) is 0 Å². The molecule has 2 heterocycles. The number of hydrogen-bond donors (Lipinski definition) is 0. The maximum atomic E-state index is 12.8. The van der Waals surface area contributed by atoms with Crippen LogP contribution in [-0.4, -0.2) is 44.6 Å². The molecule has 1 amide bonds. The highest BCUT2D eigenvalue weighted by molar-refractivity contribution is 8.00. The van der Waals surface area contributed by atoms with Gasteiger partial charge in [-0.15, -0.1) is 16.9 Å². The maximum Gasteiger partial charge on any atom is 0.233 e. The Morgan fingerprint density at radius 2 is 2.00 bits per heavy atom. The van der Waals surface area contributed by atoms with Crippen LogP contribution < -0.4 is 0 Å². The smallest absolute Gasteiger partial charge is 0.233 e. The monoisotopic (exact) mass is 332 g/mol. The lowest BCUT2D eigenvalue weighted by molar-refractivity contribution is -0.134. The SMILES string of the molecule is O=C(CSc1ccc(F)cc1)N1CC(n2cc(C3CC3)nn2)C1. The van der Waals surface area contributed by atoms with E-state index in [1.165, 1.54) is 36.7 Å². The van der Waals surface area contributed by atoms with Gasteiger partial charge < -0.3 is 4.90 Å². The van der Waals surface area contributed by atoms with Crippen LogP contribution in [-0.2, 0) is 4.79 Å². The number of halogens is 1. The molecule has 0 radical (unpaired) electrons. The van der Waals surface area contributed by atoms with Crippen LogP contribution in [0.5, 0.6) is 0 Å². The van der Waals surface area contributed by atoms with Gasteiger partial charge in [-0.05, 0) is 37.1 Å². The molecule has 0 unspecified atom stereocenters. The predicted octanol–water partition coefficient (Wildman–Crippen LogP) is 2.47. The van der Waals surface area contributed by atoms with Crippen LogP contribution in [0.15, 0.2) is 35.4 Å². The van der Waals surface area contributed by atoms with E-state index >= 15 is 0 Å². The van der Waals surface area contributed by atoms with Crippen molar-refractivity contribution in [3.8, 4) is 0 Å². The molecular weight excluding hydrogens is 315 g/mol. The normalized spacial score (nSPS) is 18.0. The van der Waals surface area contributed by atoms with Crippen LogP contribution in [0.1, 0.15) is 30.5 Å². The minimum absolute atomic E-state index is 0.109. The van der Waals surface area contributed by atoms with Gasteiger partial charge in [0.25, 0.3) is 0 Å². The lowest BCUT2D eigenvalue weighted by Gasteiger charge is -2.38. The highest BCUT2D eigenvalue weighted by Gasteiger charge is 2.34. The Morgan fingerprint density at radius 3 is 2.70 bits per heavy atom. The number of carbonyl (C=O) groups excluding carboxylic acids is 1. The van der Waals surface area contributed by atoms with Gasteiger partial charge in [-0.25, -0.2) is 9.07 Å². The number of hydrogen-bond acceptors (Lipinski definition) is 4. The summed E-state index contributed by atoms with van der Waals surface area (Å²) in [5.74, 6) is 0.833. The van der Waals surface area contributed by atoms with Crippen LogP contribution >= 0.6 is 11.8 Å². The van der Waals surface area contributed by atoms with Gasteiger partial charge in [-0.2, -0.15) is 0 Å². The molecule has 23 heavy (non-hydrogen) atoms. The van der Waals surface area contributed by atoms with Gasteiger partial charge in [0.15, 0.2) is 0 Å². The molecule has 4 rings (SSSR count). The third kappa shape index (κ3) is 3.24. The summed E-state index contributed by atoms with van der Waals surface area (Å²) in [5, 5.41) is 8.39.